The van der Waals surface area contributed by atoms with Crippen molar-refractivity contribution in [2.45, 2.75) is 6.42 Å². The smallest absolute Gasteiger partial charge is 0.244 e. The second-order valence-electron chi connectivity index (χ2n) is 6.01. The molecule has 0 aliphatic carbocycles. The van der Waals surface area contributed by atoms with Crippen LogP contribution < -0.4 is 10.1 Å². The zero-order valence-electron chi connectivity index (χ0n) is 14.4. The summed E-state index contributed by atoms with van der Waals surface area (Å²) >= 11 is 3.43. The van der Waals surface area contributed by atoms with Gasteiger partial charge >= 0.3 is 0 Å². The van der Waals surface area contributed by atoms with Crippen LogP contribution in [0.25, 0.3) is 6.08 Å². The highest BCUT2D eigenvalue weighted by Crippen LogP contribution is 2.23. The Morgan fingerprint density at radius 1 is 1.33 bits per heavy atom. The molecule has 0 aromatic heterocycles. The van der Waals surface area contributed by atoms with E-state index in [4.69, 9.17) is 4.74 Å². The predicted octanol–water partition coefficient (Wildman–Crippen LogP) is 2.22. The number of hydrogen-bond donors (Lipinski definition) is 1. The van der Waals surface area contributed by atoms with Crippen molar-refractivity contribution in [3.8, 4) is 5.75 Å². The summed E-state index contributed by atoms with van der Waals surface area (Å²) in [5.74, 6) is 0.674. The third kappa shape index (κ3) is 6.26. The molecule has 1 aromatic carbocycles. The Hall–Kier alpha value is -1.37. The number of rotatable bonds is 7. The maximum absolute atomic E-state index is 11.9. The molecule has 0 radical (unpaired) electrons. The van der Waals surface area contributed by atoms with E-state index in [1.54, 1.807) is 19.3 Å². The van der Waals surface area contributed by atoms with Crippen LogP contribution in [0.4, 0.5) is 0 Å². The summed E-state index contributed by atoms with van der Waals surface area (Å²) in [4.78, 5) is 16.7. The van der Waals surface area contributed by atoms with Crippen LogP contribution >= 0.6 is 15.9 Å². The Labute approximate surface area is 152 Å². The standard InChI is InChI=1S/C18H26BrN3O2/c1-21-10-12-22(13-11-21)9-3-8-20-18(23)7-4-15-14-16(19)5-6-17(15)24-2/h4-7,14H,3,8-13H2,1-2H3,(H,20,23)/b7-4+. The van der Waals surface area contributed by atoms with E-state index in [2.05, 4.69) is 38.1 Å². The minimum Gasteiger partial charge on any atom is -0.496 e. The van der Waals surface area contributed by atoms with Gasteiger partial charge < -0.3 is 19.9 Å². The quantitative estimate of drug-likeness (QED) is 0.567. The van der Waals surface area contributed by atoms with Crippen molar-refractivity contribution in [1.29, 1.82) is 0 Å². The van der Waals surface area contributed by atoms with Crippen LogP contribution in [0.5, 0.6) is 5.75 Å². The topological polar surface area (TPSA) is 44.8 Å². The lowest BCUT2D eigenvalue weighted by Crippen LogP contribution is -2.45. The molecule has 0 saturated carbocycles. The van der Waals surface area contributed by atoms with Gasteiger partial charge in [-0.25, -0.2) is 0 Å². The number of carbonyl (C=O) groups excluding carboxylic acids is 1. The molecule has 1 heterocycles. The Morgan fingerprint density at radius 3 is 2.79 bits per heavy atom. The van der Waals surface area contributed by atoms with Gasteiger partial charge in [0, 0.05) is 48.8 Å². The fourth-order valence-electron chi connectivity index (χ4n) is 2.65. The number of nitrogens with one attached hydrogen (secondary N) is 1. The lowest BCUT2D eigenvalue weighted by molar-refractivity contribution is -0.116. The predicted molar refractivity (Wildman–Crippen MR) is 101 cm³/mol. The number of methoxy groups -OCH3 is 1. The number of benzene rings is 1. The third-order valence-corrected chi connectivity index (χ3v) is 4.65. The minimum atomic E-state index is -0.0737. The van der Waals surface area contributed by atoms with E-state index in [1.807, 2.05) is 18.2 Å². The highest BCUT2D eigenvalue weighted by molar-refractivity contribution is 9.10. The summed E-state index contributed by atoms with van der Waals surface area (Å²) in [6, 6.07) is 5.71. The van der Waals surface area contributed by atoms with Gasteiger partial charge in [0.1, 0.15) is 5.75 Å². The summed E-state index contributed by atoms with van der Waals surface area (Å²) in [5.41, 5.74) is 0.875. The molecule has 1 aliphatic rings. The van der Waals surface area contributed by atoms with Gasteiger partial charge in [0.05, 0.1) is 7.11 Å². The average Bonchev–Trinajstić information content (AvgIpc) is 2.58. The fraction of sp³-hybridized carbons (Fsp3) is 0.500. The number of hydrogen-bond acceptors (Lipinski definition) is 4. The summed E-state index contributed by atoms with van der Waals surface area (Å²) in [7, 11) is 3.78. The molecule has 6 heteroatoms. The van der Waals surface area contributed by atoms with E-state index in [-0.39, 0.29) is 5.91 Å². The van der Waals surface area contributed by atoms with Crippen LogP contribution in [0.2, 0.25) is 0 Å². The maximum atomic E-state index is 11.9. The second-order valence-corrected chi connectivity index (χ2v) is 6.92. The second kappa shape index (κ2) is 9.81. The molecule has 132 valence electrons. The Balaban J connectivity index is 1.70. The van der Waals surface area contributed by atoms with Gasteiger partial charge in [-0.15, -0.1) is 0 Å². The molecular weight excluding hydrogens is 370 g/mol. The minimum absolute atomic E-state index is 0.0737. The summed E-state index contributed by atoms with van der Waals surface area (Å²) in [6.45, 7) is 6.23. The molecule has 2 rings (SSSR count). The van der Waals surface area contributed by atoms with E-state index in [0.717, 1.165) is 54.9 Å². The number of nitrogens with zero attached hydrogens (tertiary/aromatic N) is 2. The number of amides is 1. The molecule has 1 aliphatic heterocycles. The van der Waals surface area contributed by atoms with Crippen LogP contribution in [-0.2, 0) is 4.79 Å². The fourth-order valence-corrected chi connectivity index (χ4v) is 3.02. The van der Waals surface area contributed by atoms with E-state index in [1.165, 1.54) is 0 Å². The largest absolute Gasteiger partial charge is 0.496 e. The molecule has 5 nitrogen and oxygen atoms in total. The Bertz CT molecular complexity index is 569. The van der Waals surface area contributed by atoms with E-state index in [9.17, 15) is 4.79 Å². The SMILES string of the molecule is COc1ccc(Br)cc1/C=C/C(=O)NCCCN1CCN(C)CC1. The number of carbonyl (C=O) groups is 1. The van der Waals surface area contributed by atoms with Crippen LogP contribution in [0.1, 0.15) is 12.0 Å². The van der Waals surface area contributed by atoms with E-state index < -0.39 is 0 Å². The van der Waals surface area contributed by atoms with Gasteiger partial charge in [0.15, 0.2) is 0 Å². The molecule has 1 saturated heterocycles. The van der Waals surface area contributed by atoms with Crippen LogP contribution in [0, 0.1) is 0 Å². The summed E-state index contributed by atoms with van der Waals surface area (Å²) in [5, 5.41) is 2.94. The van der Waals surface area contributed by atoms with Gasteiger partial charge in [-0.05, 0) is 44.3 Å². The lowest BCUT2D eigenvalue weighted by Gasteiger charge is -2.32. The number of halogens is 1. The van der Waals surface area contributed by atoms with Crippen LogP contribution in [0.15, 0.2) is 28.7 Å². The van der Waals surface area contributed by atoms with Crippen molar-refractivity contribution >= 4 is 27.9 Å². The summed E-state index contributed by atoms with van der Waals surface area (Å²) < 4.78 is 6.25. The van der Waals surface area contributed by atoms with Crippen LogP contribution in [-0.4, -0.2) is 69.1 Å². The molecule has 1 N–H and O–H groups in total. The maximum Gasteiger partial charge on any atom is 0.244 e. The molecule has 1 aromatic rings. The van der Waals surface area contributed by atoms with Crippen molar-refractivity contribution < 1.29 is 9.53 Å². The van der Waals surface area contributed by atoms with Crippen molar-refractivity contribution in [3.63, 3.8) is 0 Å². The van der Waals surface area contributed by atoms with Gasteiger partial charge in [-0.1, -0.05) is 15.9 Å². The first-order valence-electron chi connectivity index (χ1n) is 8.29. The van der Waals surface area contributed by atoms with Gasteiger partial charge in [0.2, 0.25) is 5.91 Å². The number of ether oxygens (including phenoxy) is 1. The van der Waals surface area contributed by atoms with E-state index >= 15 is 0 Å². The number of likely N-dealkylation sites (N-methyl/N-ethyl adjacent to an activating group) is 1. The van der Waals surface area contributed by atoms with E-state index in [0.29, 0.717) is 6.54 Å². The van der Waals surface area contributed by atoms with Crippen molar-refractivity contribution in [2.24, 2.45) is 0 Å². The first-order valence-corrected chi connectivity index (χ1v) is 9.08. The average molecular weight is 396 g/mol. The third-order valence-electron chi connectivity index (χ3n) is 4.15. The molecule has 1 amide bonds. The first kappa shape index (κ1) is 19.0. The zero-order valence-corrected chi connectivity index (χ0v) is 16.0. The van der Waals surface area contributed by atoms with Crippen molar-refractivity contribution in [2.75, 3.05) is 53.4 Å². The number of piperazine rings is 1. The highest BCUT2D eigenvalue weighted by atomic mass is 79.9. The molecule has 1 fully saturated rings. The zero-order chi connectivity index (χ0) is 17.4. The monoisotopic (exact) mass is 395 g/mol. The van der Waals surface area contributed by atoms with Gasteiger partial charge in [-0.2, -0.15) is 0 Å². The van der Waals surface area contributed by atoms with Crippen LogP contribution in [0.3, 0.4) is 0 Å². The van der Waals surface area contributed by atoms with Gasteiger partial charge in [0.25, 0.3) is 0 Å². The normalized spacial score (nSPS) is 16.5. The molecule has 0 atom stereocenters. The van der Waals surface area contributed by atoms with Crippen molar-refractivity contribution in [3.05, 3.63) is 34.3 Å². The molecule has 0 unspecified atom stereocenters. The van der Waals surface area contributed by atoms with Gasteiger partial charge in [-0.3, -0.25) is 4.79 Å². The summed E-state index contributed by atoms with van der Waals surface area (Å²) in [6.07, 6.45) is 4.31. The molecule has 0 spiro atoms. The first-order chi connectivity index (χ1) is 11.6. The molecule has 0 bridgehead atoms. The highest BCUT2D eigenvalue weighted by Gasteiger charge is 2.12. The Morgan fingerprint density at radius 2 is 2.08 bits per heavy atom. The lowest BCUT2D eigenvalue weighted by atomic mass is 10.2. The van der Waals surface area contributed by atoms with Crippen molar-refractivity contribution in [1.82, 2.24) is 15.1 Å². The molecular formula is C18H26BrN3O2. The molecule has 24 heavy (non-hydrogen) atoms. The Kier molecular flexibility index (Phi) is 7.75.